The van der Waals surface area contributed by atoms with Crippen LogP contribution >= 0.6 is 15.9 Å². The molecule has 0 heterocycles. The molecule has 2 aromatic rings. The van der Waals surface area contributed by atoms with Crippen molar-refractivity contribution in [1.29, 1.82) is 0 Å². The maximum absolute atomic E-state index is 13.6. The van der Waals surface area contributed by atoms with E-state index in [2.05, 4.69) is 21.2 Å². The van der Waals surface area contributed by atoms with Crippen LogP contribution in [0.5, 0.6) is 0 Å². The van der Waals surface area contributed by atoms with Crippen LogP contribution in [0, 0.1) is 5.82 Å². The minimum atomic E-state index is -4.10. The molecule has 0 saturated carbocycles. The summed E-state index contributed by atoms with van der Waals surface area (Å²) in [7, 11) is -1.41. The van der Waals surface area contributed by atoms with Crippen LogP contribution in [0.2, 0.25) is 0 Å². The summed E-state index contributed by atoms with van der Waals surface area (Å²) in [5.74, 6) is -1.49. The SMILES string of the molecule is C[C@@H](C(=O)NC(C)(C)C)N(Cc1ccc(Br)cc1)C(=O)CN(c1ccc(F)cc1)S(=O)(=O)N(C)C. The minimum absolute atomic E-state index is 0.0874. The molecule has 2 rings (SSSR count). The topological polar surface area (TPSA) is 90.0 Å². The zero-order valence-electron chi connectivity index (χ0n) is 20.7. The van der Waals surface area contributed by atoms with E-state index in [0.717, 1.165) is 30.8 Å². The van der Waals surface area contributed by atoms with E-state index in [-0.39, 0.29) is 18.1 Å². The van der Waals surface area contributed by atoms with Gasteiger partial charge in [-0.15, -0.1) is 0 Å². The van der Waals surface area contributed by atoms with Crippen molar-refractivity contribution in [3.05, 3.63) is 64.4 Å². The highest BCUT2D eigenvalue weighted by atomic mass is 79.9. The Kier molecular flexibility index (Phi) is 9.43. The number of hydrogen-bond donors (Lipinski definition) is 1. The first-order valence-corrected chi connectivity index (χ1v) is 13.1. The second-order valence-corrected chi connectivity index (χ2v) is 12.3. The van der Waals surface area contributed by atoms with Gasteiger partial charge in [-0.25, -0.2) is 8.70 Å². The van der Waals surface area contributed by atoms with Crippen molar-refractivity contribution in [3.63, 3.8) is 0 Å². The zero-order chi connectivity index (χ0) is 26.6. The maximum atomic E-state index is 13.6. The van der Waals surface area contributed by atoms with E-state index in [9.17, 15) is 22.4 Å². The molecule has 0 aliphatic rings. The van der Waals surface area contributed by atoms with Crippen molar-refractivity contribution >= 4 is 43.6 Å². The second kappa shape index (κ2) is 11.5. The molecule has 2 amide bonds. The molecule has 0 radical (unpaired) electrons. The Hall–Kier alpha value is -2.50. The summed E-state index contributed by atoms with van der Waals surface area (Å²) in [6.45, 7) is 6.61. The fraction of sp³-hybridized carbons (Fsp3) is 0.417. The van der Waals surface area contributed by atoms with E-state index in [4.69, 9.17) is 0 Å². The standard InChI is InChI=1S/C24H32BrFN4O4S/c1-17(23(32)27-24(2,3)4)29(15-18-7-9-19(25)10-8-18)22(31)16-30(35(33,34)28(5)6)21-13-11-20(26)12-14-21/h7-14,17H,15-16H2,1-6H3,(H,27,32)/t17-/m0/s1. The molecule has 0 saturated heterocycles. The van der Waals surface area contributed by atoms with Gasteiger partial charge in [0.25, 0.3) is 0 Å². The van der Waals surface area contributed by atoms with Crippen molar-refractivity contribution in [2.45, 2.75) is 45.8 Å². The molecule has 35 heavy (non-hydrogen) atoms. The zero-order valence-corrected chi connectivity index (χ0v) is 23.2. The van der Waals surface area contributed by atoms with E-state index >= 15 is 0 Å². The summed E-state index contributed by atoms with van der Waals surface area (Å²) in [5, 5.41) is 2.87. The lowest BCUT2D eigenvalue weighted by atomic mass is 10.1. The van der Waals surface area contributed by atoms with Crippen molar-refractivity contribution in [3.8, 4) is 0 Å². The molecular formula is C24H32BrFN4O4S. The number of nitrogens with zero attached hydrogens (tertiary/aromatic N) is 3. The average molecular weight is 572 g/mol. The Morgan fingerprint density at radius 1 is 1.03 bits per heavy atom. The van der Waals surface area contributed by atoms with E-state index in [1.54, 1.807) is 6.92 Å². The first-order valence-electron chi connectivity index (χ1n) is 10.9. The number of benzene rings is 2. The van der Waals surface area contributed by atoms with Gasteiger partial charge in [0, 0.05) is 30.7 Å². The van der Waals surface area contributed by atoms with Gasteiger partial charge in [-0.2, -0.15) is 12.7 Å². The average Bonchev–Trinajstić information content (AvgIpc) is 2.75. The fourth-order valence-electron chi connectivity index (χ4n) is 3.17. The van der Waals surface area contributed by atoms with E-state index in [0.29, 0.717) is 0 Å². The van der Waals surface area contributed by atoms with Crippen LogP contribution in [0.15, 0.2) is 53.0 Å². The first kappa shape index (κ1) is 28.7. The van der Waals surface area contributed by atoms with E-state index in [1.165, 1.54) is 31.1 Å². The predicted molar refractivity (Wildman–Crippen MR) is 138 cm³/mol. The van der Waals surface area contributed by atoms with Crippen molar-refractivity contribution in [2.75, 3.05) is 24.9 Å². The van der Waals surface area contributed by atoms with Gasteiger partial charge in [-0.3, -0.25) is 9.59 Å². The second-order valence-electron chi connectivity index (χ2n) is 9.34. The monoisotopic (exact) mass is 570 g/mol. The van der Waals surface area contributed by atoms with Gasteiger partial charge in [0.05, 0.1) is 5.69 Å². The number of hydrogen-bond acceptors (Lipinski definition) is 4. The number of carbonyl (C=O) groups is 2. The van der Waals surface area contributed by atoms with Crippen LogP contribution in [0.4, 0.5) is 10.1 Å². The molecule has 0 bridgehead atoms. The van der Waals surface area contributed by atoms with Gasteiger partial charge >= 0.3 is 10.2 Å². The van der Waals surface area contributed by atoms with Crippen LogP contribution in [-0.2, 0) is 26.3 Å². The molecule has 1 atom stereocenters. The molecule has 2 aromatic carbocycles. The molecule has 0 fully saturated rings. The van der Waals surface area contributed by atoms with Crippen LogP contribution in [0.25, 0.3) is 0 Å². The first-order chi connectivity index (χ1) is 16.1. The highest BCUT2D eigenvalue weighted by Gasteiger charge is 2.33. The molecule has 0 unspecified atom stereocenters. The van der Waals surface area contributed by atoms with Crippen molar-refractivity contribution in [2.24, 2.45) is 0 Å². The van der Waals surface area contributed by atoms with E-state index < -0.39 is 40.1 Å². The van der Waals surface area contributed by atoms with Gasteiger partial charge in [-0.1, -0.05) is 28.1 Å². The van der Waals surface area contributed by atoms with Crippen LogP contribution in [-0.4, -0.2) is 61.7 Å². The normalized spacial score (nSPS) is 12.8. The quantitative estimate of drug-likeness (QED) is 0.499. The molecule has 0 aromatic heterocycles. The van der Waals surface area contributed by atoms with Gasteiger partial charge in [0.2, 0.25) is 11.8 Å². The minimum Gasteiger partial charge on any atom is -0.350 e. The lowest BCUT2D eigenvalue weighted by Crippen LogP contribution is -2.54. The highest BCUT2D eigenvalue weighted by molar-refractivity contribution is 9.10. The Bertz CT molecular complexity index is 1130. The van der Waals surface area contributed by atoms with E-state index in [1.807, 2.05) is 45.0 Å². The van der Waals surface area contributed by atoms with Gasteiger partial charge in [0.1, 0.15) is 18.4 Å². The third kappa shape index (κ3) is 8.01. The molecule has 1 N–H and O–H groups in total. The Labute approximate surface area is 215 Å². The summed E-state index contributed by atoms with van der Waals surface area (Å²) >= 11 is 3.38. The van der Waals surface area contributed by atoms with Crippen LogP contribution < -0.4 is 9.62 Å². The number of carbonyl (C=O) groups excluding carboxylic acids is 2. The van der Waals surface area contributed by atoms with Crippen molar-refractivity contribution in [1.82, 2.24) is 14.5 Å². The summed E-state index contributed by atoms with van der Waals surface area (Å²) in [5.41, 5.74) is 0.371. The molecular weight excluding hydrogens is 539 g/mol. The largest absolute Gasteiger partial charge is 0.350 e. The summed E-state index contributed by atoms with van der Waals surface area (Å²) in [4.78, 5) is 27.9. The Morgan fingerprint density at radius 2 is 1.57 bits per heavy atom. The maximum Gasteiger partial charge on any atom is 0.304 e. The molecule has 8 nitrogen and oxygen atoms in total. The summed E-state index contributed by atoms with van der Waals surface area (Å²) < 4.78 is 42.4. The lowest BCUT2D eigenvalue weighted by molar-refractivity contribution is -0.140. The molecule has 192 valence electrons. The number of halogens is 2. The smallest absolute Gasteiger partial charge is 0.304 e. The van der Waals surface area contributed by atoms with Gasteiger partial charge in [-0.05, 0) is 69.7 Å². The van der Waals surface area contributed by atoms with Gasteiger partial charge < -0.3 is 10.2 Å². The highest BCUT2D eigenvalue weighted by Crippen LogP contribution is 2.22. The molecule has 11 heteroatoms. The predicted octanol–water partition coefficient (Wildman–Crippen LogP) is 3.53. The third-order valence-electron chi connectivity index (χ3n) is 5.07. The number of amides is 2. The molecule has 0 aliphatic carbocycles. The van der Waals surface area contributed by atoms with Crippen molar-refractivity contribution < 1.29 is 22.4 Å². The summed E-state index contributed by atoms with van der Waals surface area (Å²) in [6, 6.07) is 11.2. The Morgan fingerprint density at radius 3 is 2.06 bits per heavy atom. The molecule has 0 spiro atoms. The Balaban J connectivity index is 2.45. The number of anilines is 1. The fourth-order valence-corrected chi connectivity index (χ4v) is 4.49. The van der Waals surface area contributed by atoms with Crippen LogP contribution in [0.1, 0.15) is 33.3 Å². The summed E-state index contributed by atoms with van der Waals surface area (Å²) in [6.07, 6.45) is 0. The molecule has 0 aliphatic heterocycles. The van der Waals surface area contributed by atoms with Crippen LogP contribution in [0.3, 0.4) is 0 Å². The number of rotatable bonds is 9. The lowest BCUT2D eigenvalue weighted by Gasteiger charge is -2.34. The van der Waals surface area contributed by atoms with Gasteiger partial charge in [0.15, 0.2) is 0 Å². The third-order valence-corrected chi connectivity index (χ3v) is 7.41. The number of nitrogens with one attached hydrogen (secondary N) is 1.